The number of nitrogens with one attached hydrogen (secondary N) is 1. The smallest absolute Gasteiger partial charge is 0.228 e. The van der Waals surface area contributed by atoms with E-state index in [0.29, 0.717) is 6.54 Å². The van der Waals surface area contributed by atoms with E-state index in [0.717, 1.165) is 22.9 Å². The summed E-state index contributed by atoms with van der Waals surface area (Å²) in [4.78, 5) is 16.1. The average Bonchev–Trinajstić information content (AvgIpc) is 2.40. The second-order valence-corrected chi connectivity index (χ2v) is 4.23. The number of pyridine rings is 1. The van der Waals surface area contributed by atoms with E-state index >= 15 is 0 Å². The lowest BCUT2D eigenvalue weighted by Gasteiger charge is -2.14. The minimum absolute atomic E-state index is 0.0312. The van der Waals surface area contributed by atoms with Gasteiger partial charge in [-0.3, -0.25) is 9.78 Å². The first-order chi connectivity index (χ1) is 8.76. The predicted molar refractivity (Wildman–Crippen MR) is 73.2 cm³/mol. The second-order valence-electron chi connectivity index (χ2n) is 4.23. The molecular weight excluding hydrogens is 226 g/mol. The van der Waals surface area contributed by atoms with Crippen molar-refractivity contribution < 1.29 is 4.79 Å². The molecule has 3 N–H and O–H groups in total. The molecule has 18 heavy (non-hydrogen) atoms. The molecule has 4 nitrogen and oxygen atoms in total. The maximum Gasteiger partial charge on any atom is 0.228 e. The van der Waals surface area contributed by atoms with E-state index in [-0.39, 0.29) is 11.8 Å². The molecule has 0 saturated heterocycles. The number of carbonyl (C=O) groups is 1. The number of fused-ring (bicyclic) bond motifs is 1. The number of anilines is 1. The molecule has 0 aliphatic rings. The Labute approximate surface area is 106 Å². The highest BCUT2D eigenvalue weighted by atomic mass is 16.1. The normalized spacial score (nSPS) is 12.3. The zero-order valence-corrected chi connectivity index (χ0v) is 10.4. The predicted octanol–water partition coefficient (Wildman–Crippen LogP) is 2.16. The minimum Gasteiger partial charge on any atom is -0.330 e. The number of hydrogen-bond donors (Lipinski definition) is 2. The van der Waals surface area contributed by atoms with Crippen molar-refractivity contribution in [1.82, 2.24) is 4.98 Å². The van der Waals surface area contributed by atoms with Crippen molar-refractivity contribution in [2.75, 3.05) is 11.9 Å². The molecule has 2 aromatic rings. The van der Waals surface area contributed by atoms with Crippen molar-refractivity contribution in [3.63, 3.8) is 0 Å². The molecule has 0 bridgehead atoms. The number of benzene rings is 1. The van der Waals surface area contributed by atoms with Gasteiger partial charge in [0, 0.05) is 24.3 Å². The summed E-state index contributed by atoms with van der Waals surface area (Å²) in [5.41, 5.74) is 6.37. The molecule has 1 amide bonds. The number of nitrogens with two attached hydrogens (primary N) is 1. The first kappa shape index (κ1) is 12.5. The van der Waals surface area contributed by atoms with Crippen LogP contribution in [-0.2, 0) is 4.79 Å². The van der Waals surface area contributed by atoms with Gasteiger partial charge in [0.05, 0.1) is 11.6 Å². The Kier molecular flexibility index (Phi) is 3.89. The van der Waals surface area contributed by atoms with E-state index in [9.17, 15) is 4.79 Å². The first-order valence-electron chi connectivity index (χ1n) is 6.10. The highest BCUT2D eigenvalue weighted by Crippen LogP contribution is 2.22. The summed E-state index contributed by atoms with van der Waals surface area (Å²) in [6.45, 7) is 2.33. The van der Waals surface area contributed by atoms with Crippen LogP contribution in [0.5, 0.6) is 0 Å². The Morgan fingerprint density at radius 3 is 3.00 bits per heavy atom. The fourth-order valence-corrected chi connectivity index (χ4v) is 1.92. The van der Waals surface area contributed by atoms with Crippen LogP contribution >= 0.6 is 0 Å². The van der Waals surface area contributed by atoms with Gasteiger partial charge in [-0.2, -0.15) is 0 Å². The molecule has 1 aromatic heterocycles. The van der Waals surface area contributed by atoms with Gasteiger partial charge in [0.25, 0.3) is 0 Å². The fourth-order valence-electron chi connectivity index (χ4n) is 1.92. The molecule has 2 rings (SSSR count). The van der Waals surface area contributed by atoms with Crippen LogP contribution in [0.1, 0.15) is 13.3 Å². The van der Waals surface area contributed by atoms with Gasteiger partial charge in [0.2, 0.25) is 5.91 Å². The lowest BCUT2D eigenvalue weighted by atomic mass is 10.1. The maximum absolute atomic E-state index is 12.0. The van der Waals surface area contributed by atoms with Gasteiger partial charge in [-0.25, -0.2) is 0 Å². The van der Waals surface area contributed by atoms with Crippen LogP contribution < -0.4 is 11.1 Å². The topological polar surface area (TPSA) is 68.0 Å². The number of rotatable bonds is 4. The van der Waals surface area contributed by atoms with Gasteiger partial charge >= 0.3 is 0 Å². The Balaban J connectivity index is 2.29. The maximum atomic E-state index is 12.0. The second kappa shape index (κ2) is 5.60. The molecule has 0 saturated carbocycles. The van der Waals surface area contributed by atoms with Crippen molar-refractivity contribution in [2.24, 2.45) is 11.7 Å². The zero-order valence-electron chi connectivity index (χ0n) is 10.4. The highest BCUT2D eigenvalue weighted by Gasteiger charge is 2.15. The third kappa shape index (κ3) is 2.49. The molecule has 1 unspecified atom stereocenters. The fraction of sp³-hybridized carbons (Fsp3) is 0.286. The van der Waals surface area contributed by atoms with E-state index < -0.39 is 0 Å². The summed E-state index contributed by atoms with van der Waals surface area (Å²) in [6.07, 6.45) is 4.24. The number of hydrogen-bond acceptors (Lipinski definition) is 3. The summed E-state index contributed by atoms with van der Waals surface area (Å²) >= 11 is 0. The summed E-state index contributed by atoms with van der Waals surface area (Å²) < 4.78 is 0. The van der Waals surface area contributed by atoms with Crippen molar-refractivity contribution >= 4 is 22.4 Å². The molecule has 94 valence electrons. The van der Waals surface area contributed by atoms with Crippen molar-refractivity contribution in [3.05, 3.63) is 36.7 Å². The first-order valence-corrected chi connectivity index (χ1v) is 6.10. The van der Waals surface area contributed by atoms with Gasteiger partial charge in [-0.05, 0) is 23.9 Å². The summed E-state index contributed by atoms with van der Waals surface area (Å²) in [5.74, 6) is -0.173. The molecule has 0 fully saturated rings. The van der Waals surface area contributed by atoms with E-state index in [1.165, 1.54) is 0 Å². The summed E-state index contributed by atoms with van der Waals surface area (Å²) in [5, 5.41) is 4.93. The third-order valence-corrected chi connectivity index (χ3v) is 3.09. The van der Waals surface area contributed by atoms with Gasteiger partial charge in [0.15, 0.2) is 0 Å². The quantitative estimate of drug-likeness (QED) is 0.864. The zero-order chi connectivity index (χ0) is 13.0. The Hall–Kier alpha value is -1.94. The van der Waals surface area contributed by atoms with Crippen molar-refractivity contribution in [1.29, 1.82) is 0 Å². The van der Waals surface area contributed by atoms with Gasteiger partial charge in [0.1, 0.15) is 0 Å². The average molecular weight is 243 g/mol. The van der Waals surface area contributed by atoms with Crippen LogP contribution in [0.25, 0.3) is 10.8 Å². The molecule has 4 heteroatoms. The molecule has 0 radical (unpaired) electrons. The molecule has 0 spiro atoms. The third-order valence-electron chi connectivity index (χ3n) is 3.09. The number of aromatic nitrogens is 1. The number of carbonyl (C=O) groups excluding carboxylic acids is 1. The Morgan fingerprint density at radius 2 is 2.28 bits per heavy atom. The molecular formula is C14H17N3O. The Bertz CT molecular complexity index is 544. The standard InChI is InChI=1S/C14H17N3O/c1-2-10(8-15)14(18)17-13-5-3-4-11-6-7-16-9-12(11)13/h3-7,9-10H,2,8,15H2,1H3,(H,17,18). The van der Waals surface area contributed by atoms with E-state index in [1.807, 2.05) is 31.2 Å². The molecule has 1 atom stereocenters. The minimum atomic E-state index is -0.142. The van der Waals surface area contributed by atoms with Crippen LogP contribution in [0.4, 0.5) is 5.69 Å². The van der Waals surface area contributed by atoms with Gasteiger partial charge < -0.3 is 11.1 Å². The summed E-state index contributed by atoms with van der Waals surface area (Å²) in [6, 6.07) is 7.71. The van der Waals surface area contributed by atoms with E-state index in [1.54, 1.807) is 12.4 Å². The lowest BCUT2D eigenvalue weighted by Crippen LogP contribution is -2.28. The highest BCUT2D eigenvalue weighted by molar-refractivity contribution is 6.02. The van der Waals surface area contributed by atoms with Crippen LogP contribution in [-0.4, -0.2) is 17.4 Å². The monoisotopic (exact) mass is 243 g/mol. The SMILES string of the molecule is CCC(CN)C(=O)Nc1cccc2ccncc12. The molecule has 0 aliphatic heterocycles. The van der Waals surface area contributed by atoms with Gasteiger partial charge in [-0.1, -0.05) is 19.1 Å². The van der Waals surface area contributed by atoms with Gasteiger partial charge in [-0.15, -0.1) is 0 Å². The van der Waals surface area contributed by atoms with Crippen LogP contribution in [0, 0.1) is 5.92 Å². The van der Waals surface area contributed by atoms with Crippen LogP contribution in [0.15, 0.2) is 36.7 Å². The lowest BCUT2D eigenvalue weighted by molar-refractivity contribution is -0.119. The summed E-state index contributed by atoms with van der Waals surface area (Å²) in [7, 11) is 0. The molecule has 0 aliphatic carbocycles. The number of amides is 1. The van der Waals surface area contributed by atoms with Crippen LogP contribution in [0.3, 0.4) is 0 Å². The van der Waals surface area contributed by atoms with E-state index in [4.69, 9.17) is 5.73 Å². The van der Waals surface area contributed by atoms with Crippen molar-refractivity contribution in [3.8, 4) is 0 Å². The molecule has 1 aromatic carbocycles. The Morgan fingerprint density at radius 1 is 1.44 bits per heavy atom. The van der Waals surface area contributed by atoms with Crippen molar-refractivity contribution in [2.45, 2.75) is 13.3 Å². The number of nitrogens with zero attached hydrogens (tertiary/aromatic N) is 1. The molecule has 1 heterocycles. The van der Waals surface area contributed by atoms with E-state index in [2.05, 4.69) is 10.3 Å². The van der Waals surface area contributed by atoms with Crippen LogP contribution in [0.2, 0.25) is 0 Å². The largest absolute Gasteiger partial charge is 0.330 e.